The number of benzene rings is 2. The van der Waals surface area contributed by atoms with Crippen molar-refractivity contribution in [2.24, 2.45) is 5.92 Å². The molecule has 0 aliphatic carbocycles. The molecular weight excluding hydrogens is 460 g/mol. The van der Waals surface area contributed by atoms with Gasteiger partial charge in [-0.1, -0.05) is 42.8 Å². The van der Waals surface area contributed by atoms with Gasteiger partial charge in [0.2, 0.25) is 5.91 Å². The lowest BCUT2D eigenvalue weighted by Gasteiger charge is -2.31. The molecule has 2 aliphatic heterocycles. The number of rotatable bonds is 6. The molecule has 172 valence electrons. The van der Waals surface area contributed by atoms with Crippen LogP contribution in [0, 0.1) is 5.92 Å². The fraction of sp³-hybridized carbons (Fsp3) is 0.320. The summed E-state index contributed by atoms with van der Waals surface area (Å²) in [5, 5.41) is 0.252. The van der Waals surface area contributed by atoms with Gasteiger partial charge in [-0.3, -0.25) is 19.3 Å². The van der Waals surface area contributed by atoms with E-state index in [0.29, 0.717) is 41.3 Å². The monoisotopic (exact) mass is 484 g/mol. The number of ether oxygens (including phenoxy) is 1. The third kappa shape index (κ3) is 5.97. The van der Waals surface area contributed by atoms with Crippen molar-refractivity contribution in [2.45, 2.75) is 26.4 Å². The summed E-state index contributed by atoms with van der Waals surface area (Å²) in [5.74, 6) is 0.631. The first-order valence-corrected chi connectivity index (χ1v) is 12.1. The number of carbonyl (C=O) groups is 3. The van der Waals surface area contributed by atoms with E-state index in [2.05, 4.69) is 6.92 Å². The highest BCUT2D eigenvalue weighted by molar-refractivity contribution is 8.18. The average molecular weight is 485 g/mol. The van der Waals surface area contributed by atoms with Crippen molar-refractivity contribution in [3.8, 4) is 5.75 Å². The van der Waals surface area contributed by atoms with Crippen molar-refractivity contribution in [2.75, 3.05) is 19.6 Å². The molecule has 6 nitrogen and oxygen atoms in total. The van der Waals surface area contributed by atoms with Gasteiger partial charge in [-0.05, 0) is 72.0 Å². The van der Waals surface area contributed by atoms with E-state index in [0.717, 1.165) is 40.6 Å². The summed E-state index contributed by atoms with van der Waals surface area (Å²) in [6, 6.07) is 14.7. The van der Waals surface area contributed by atoms with Crippen LogP contribution in [-0.2, 0) is 16.2 Å². The highest BCUT2D eigenvalue weighted by atomic mass is 35.5. The molecule has 0 radical (unpaired) electrons. The Labute approximate surface area is 202 Å². The van der Waals surface area contributed by atoms with Crippen molar-refractivity contribution < 1.29 is 19.1 Å². The molecule has 0 atom stereocenters. The maximum Gasteiger partial charge on any atom is 0.294 e. The second-order valence-electron chi connectivity index (χ2n) is 8.32. The van der Waals surface area contributed by atoms with Crippen LogP contribution in [0.4, 0.5) is 4.79 Å². The first-order valence-electron chi connectivity index (χ1n) is 10.9. The number of amides is 3. The molecule has 0 bridgehead atoms. The molecule has 2 aromatic rings. The largest absolute Gasteiger partial charge is 0.489 e. The molecule has 2 saturated heterocycles. The van der Waals surface area contributed by atoms with Crippen LogP contribution >= 0.6 is 23.4 Å². The van der Waals surface area contributed by atoms with Crippen LogP contribution in [0.3, 0.4) is 0 Å². The number of piperidine rings is 1. The van der Waals surface area contributed by atoms with E-state index in [1.54, 1.807) is 11.0 Å². The van der Waals surface area contributed by atoms with E-state index in [1.807, 2.05) is 48.5 Å². The van der Waals surface area contributed by atoms with Gasteiger partial charge in [0.1, 0.15) is 18.9 Å². The molecular formula is C25H25ClN2O4S. The summed E-state index contributed by atoms with van der Waals surface area (Å²) in [5.41, 5.74) is 1.73. The lowest BCUT2D eigenvalue weighted by atomic mass is 9.99. The predicted octanol–water partition coefficient (Wildman–Crippen LogP) is 5.21. The standard InChI is InChI=1S/C25H25ClN2O4S/c1-17-9-11-27(12-10-17)23(29)15-28-24(30)22(33-25(28)31)14-19-3-2-4-21(13-19)32-16-18-5-7-20(26)8-6-18/h2-8,13-14,17H,9-12,15-16H2,1H3/b22-14+. The minimum absolute atomic E-state index is 0.178. The van der Waals surface area contributed by atoms with Crippen LogP contribution in [0.2, 0.25) is 5.02 Å². The minimum Gasteiger partial charge on any atom is -0.489 e. The zero-order chi connectivity index (χ0) is 23.4. The van der Waals surface area contributed by atoms with E-state index in [1.165, 1.54) is 0 Å². The van der Waals surface area contributed by atoms with Gasteiger partial charge in [0.25, 0.3) is 11.1 Å². The maximum atomic E-state index is 12.8. The molecule has 2 fully saturated rings. The molecule has 8 heteroatoms. The fourth-order valence-corrected chi connectivity index (χ4v) is 4.69. The molecule has 2 aromatic carbocycles. The summed E-state index contributed by atoms with van der Waals surface area (Å²) >= 11 is 6.77. The van der Waals surface area contributed by atoms with Crippen molar-refractivity contribution in [1.29, 1.82) is 0 Å². The summed E-state index contributed by atoms with van der Waals surface area (Å²) in [7, 11) is 0. The zero-order valence-electron chi connectivity index (χ0n) is 18.3. The Morgan fingerprint density at radius 2 is 1.88 bits per heavy atom. The maximum absolute atomic E-state index is 12.8. The van der Waals surface area contributed by atoms with Gasteiger partial charge in [0.05, 0.1) is 4.91 Å². The van der Waals surface area contributed by atoms with Crippen LogP contribution in [-0.4, -0.2) is 46.5 Å². The molecule has 2 aliphatic rings. The third-order valence-electron chi connectivity index (χ3n) is 5.78. The SMILES string of the molecule is CC1CCN(C(=O)CN2C(=O)S/C(=C/c3cccc(OCc4ccc(Cl)cc4)c3)C2=O)CC1. The molecule has 3 amide bonds. The molecule has 4 rings (SSSR count). The Balaban J connectivity index is 1.39. The van der Waals surface area contributed by atoms with Gasteiger partial charge in [0.15, 0.2) is 0 Å². The van der Waals surface area contributed by atoms with Crippen molar-refractivity contribution in [3.05, 3.63) is 69.6 Å². The lowest BCUT2D eigenvalue weighted by molar-refractivity contribution is -0.136. The van der Waals surface area contributed by atoms with Gasteiger partial charge in [-0.25, -0.2) is 0 Å². The Bertz CT molecular complexity index is 1080. The quantitative estimate of drug-likeness (QED) is 0.526. The van der Waals surface area contributed by atoms with Crippen molar-refractivity contribution in [1.82, 2.24) is 9.80 Å². The Kier molecular flexibility index (Phi) is 7.40. The minimum atomic E-state index is -0.434. The number of hydrogen-bond acceptors (Lipinski definition) is 5. The first-order chi connectivity index (χ1) is 15.9. The van der Waals surface area contributed by atoms with Crippen molar-refractivity contribution in [3.63, 3.8) is 0 Å². The first kappa shape index (κ1) is 23.4. The van der Waals surface area contributed by atoms with E-state index >= 15 is 0 Å². The summed E-state index contributed by atoms with van der Waals surface area (Å²) in [4.78, 5) is 40.9. The summed E-state index contributed by atoms with van der Waals surface area (Å²) in [6.45, 7) is 3.69. The Morgan fingerprint density at radius 3 is 2.61 bits per heavy atom. The van der Waals surface area contributed by atoms with Gasteiger partial charge in [-0.15, -0.1) is 0 Å². The van der Waals surface area contributed by atoms with E-state index in [-0.39, 0.29) is 12.5 Å². The number of nitrogens with zero attached hydrogens (tertiary/aromatic N) is 2. The molecule has 0 unspecified atom stereocenters. The number of thioether (sulfide) groups is 1. The van der Waals surface area contributed by atoms with Gasteiger partial charge in [0, 0.05) is 18.1 Å². The number of hydrogen-bond donors (Lipinski definition) is 0. The highest BCUT2D eigenvalue weighted by Gasteiger charge is 2.37. The van der Waals surface area contributed by atoms with Crippen LogP contribution in [0.15, 0.2) is 53.4 Å². The summed E-state index contributed by atoms with van der Waals surface area (Å²) in [6.07, 6.45) is 3.56. The number of halogens is 1. The Hall–Kier alpha value is -2.77. The van der Waals surface area contributed by atoms with Crippen molar-refractivity contribution >= 4 is 46.5 Å². The van der Waals surface area contributed by atoms with E-state index < -0.39 is 11.1 Å². The van der Waals surface area contributed by atoms with E-state index in [9.17, 15) is 14.4 Å². The van der Waals surface area contributed by atoms with Gasteiger partial charge < -0.3 is 9.64 Å². The Morgan fingerprint density at radius 1 is 1.15 bits per heavy atom. The topological polar surface area (TPSA) is 66.9 Å². The van der Waals surface area contributed by atoms with E-state index in [4.69, 9.17) is 16.3 Å². The fourth-order valence-electron chi connectivity index (χ4n) is 3.72. The average Bonchev–Trinajstić information content (AvgIpc) is 3.06. The molecule has 2 heterocycles. The summed E-state index contributed by atoms with van der Waals surface area (Å²) < 4.78 is 5.84. The molecule has 0 aromatic heterocycles. The second-order valence-corrected chi connectivity index (χ2v) is 9.75. The third-order valence-corrected chi connectivity index (χ3v) is 6.94. The highest BCUT2D eigenvalue weighted by Crippen LogP contribution is 2.33. The number of likely N-dealkylation sites (tertiary alicyclic amines) is 1. The lowest BCUT2D eigenvalue weighted by Crippen LogP contribution is -2.45. The molecule has 0 spiro atoms. The van der Waals surface area contributed by atoms with Crippen LogP contribution in [0.1, 0.15) is 30.9 Å². The van der Waals surface area contributed by atoms with Gasteiger partial charge in [-0.2, -0.15) is 0 Å². The molecule has 33 heavy (non-hydrogen) atoms. The second kappa shape index (κ2) is 10.4. The van der Waals surface area contributed by atoms with Crippen LogP contribution in [0.25, 0.3) is 6.08 Å². The predicted molar refractivity (Wildman–Crippen MR) is 130 cm³/mol. The molecule has 0 N–H and O–H groups in total. The van der Waals surface area contributed by atoms with Gasteiger partial charge >= 0.3 is 0 Å². The number of carbonyl (C=O) groups excluding carboxylic acids is 3. The zero-order valence-corrected chi connectivity index (χ0v) is 19.9. The normalized spacial score (nSPS) is 18.3. The van der Waals surface area contributed by atoms with Crippen LogP contribution in [0.5, 0.6) is 5.75 Å². The van der Waals surface area contributed by atoms with Crippen LogP contribution < -0.4 is 4.74 Å². The number of imide groups is 1. The smallest absolute Gasteiger partial charge is 0.294 e. The molecule has 0 saturated carbocycles.